The summed E-state index contributed by atoms with van der Waals surface area (Å²) in [5.41, 5.74) is 3.57. The molecule has 2 aromatic carbocycles. The van der Waals surface area contributed by atoms with E-state index in [1.807, 2.05) is 0 Å². The van der Waals surface area contributed by atoms with Gasteiger partial charge in [-0.2, -0.15) is 5.10 Å². The molecule has 1 fully saturated rings. The summed E-state index contributed by atoms with van der Waals surface area (Å²) in [5, 5.41) is 9.29. The first-order valence-corrected chi connectivity index (χ1v) is 10.8. The number of nitrogens with zero attached hydrogens (tertiary/aromatic N) is 1. The molecule has 0 aromatic heterocycles. The molecule has 9 heteroatoms. The lowest BCUT2D eigenvalue weighted by Crippen LogP contribution is -2.44. The van der Waals surface area contributed by atoms with Crippen molar-refractivity contribution in [1.29, 1.82) is 0 Å². The van der Waals surface area contributed by atoms with Gasteiger partial charge in [0, 0.05) is 11.7 Å². The van der Waals surface area contributed by atoms with Crippen LogP contribution in [0.15, 0.2) is 53.6 Å². The Labute approximate surface area is 192 Å². The lowest BCUT2D eigenvalue weighted by atomic mass is 9.95. The highest BCUT2D eigenvalue weighted by atomic mass is 16.5. The molecule has 3 rings (SSSR count). The lowest BCUT2D eigenvalue weighted by molar-refractivity contribution is -0.139. The Hall–Kier alpha value is -3.88. The molecule has 3 N–H and O–H groups in total. The smallest absolute Gasteiger partial charge is 0.329 e. The van der Waals surface area contributed by atoms with Gasteiger partial charge in [-0.15, -0.1) is 0 Å². The Morgan fingerprint density at radius 2 is 1.61 bits per heavy atom. The molecule has 0 spiro atoms. The average Bonchev–Trinajstić information content (AvgIpc) is 2.84. The van der Waals surface area contributed by atoms with Crippen molar-refractivity contribution >= 4 is 29.6 Å². The second-order valence-corrected chi connectivity index (χ2v) is 7.64. The summed E-state index contributed by atoms with van der Waals surface area (Å²) in [5.74, 6) is -0.543. The van der Waals surface area contributed by atoms with Crippen molar-refractivity contribution in [2.24, 2.45) is 5.10 Å². The van der Waals surface area contributed by atoms with E-state index in [-0.39, 0.29) is 18.6 Å². The highest BCUT2D eigenvalue weighted by Crippen LogP contribution is 2.17. The summed E-state index contributed by atoms with van der Waals surface area (Å²) < 4.78 is 10.6. The van der Waals surface area contributed by atoms with Gasteiger partial charge in [0.1, 0.15) is 11.5 Å². The summed E-state index contributed by atoms with van der Waals surface area (Å²) in [6, 6.07) is 13.8. The van der Waals surface area contributed by atoms with Crippen LogP contribution < -0.4 is 25.5 Å². The van der Waals surface area contributed by atoms with Crippen LogP contribution in [0.2, 0.25) is 0 Å². The fourth-order valence-corrected chi connectivity index (χ4v) is 3.38. The number of ether oxygens (including phenoxy) is 2. The quantitative estimate of drug-likeness (QED) is 0.323. The van der Waals surface area contributed by atoms with Gasteiger partial charge in [-0.05, 0) is 66.9 Å². The monoisotopic (exact) mass is 452 g/mol. The van der Waals surface area contributed by atoms with Crippen LogP contribution in [0.5, 0.6) is 11.5 Å². The number of carbonyl (C=O) groups excluding carboxylic acids is 3. The molecule has 0 radical (unpaired) electrons. The van der Waals surface area contributed by atoms with Gasteiger partial charge in [0.25, 0.3) is 5.91 Å². The molecule has 2 aromatic rings. The van der Waals surface area contributed by atoms with Gasteiger partial charge in [0.2, 0.25) is 0 Å². The third-order valence-electron chi connectivity index (χ3n) is 5.15. The molecule has 33 heavy (non-hydrogen) atoms. The number of methoxy groups -OCH3 is 1. The Bertz CT molecular complexity index is 967. The predicted octanol–water partition coefficient (Wildman–Crippen LogP) is 2.61. The molecule has 0 saturated heterocycles. The molecule has 3 amide bonds. The summed E-state index contributed by atoms with van der Waals surface area (Å²) >= 11 is 0. The third-order valence-corrected chi connectivity index (χ3v) is 5.15. The molecular formula is C24H28N4O5. The minimum absolute atomic E-state index is 0.0619. The largest absolute Gasteiger partial charge is 0.497 e. The highest BCUT2D eigenvalue weighted by molar-refractivity contribution is 6.35. The molecule has 0 aliphatic heterocycles. The zero-order valence-electron chi connectivity index (χ0n) is 18.5. The lowest BCUT2D eigenvalue weighted by Gasteiger charge is -2.22. The van der Waals surface area contributed by atoms with Crippen LogP contribution in [0.1, 0.15) is 37.7 Å². The van der Waals surface area contributed by atoms with E-state index < -0.39 is 11.8 Å². The second-order valence-electron chi connectivity index (χ2n) is 7.64. The number of hydrazone groups is 1. The highest BCUT2D eigenvalue weighted by Gasteiger charge is 2.19. The Morgan fingerprint density at radius 3 is 2.27 bits per heavy atom. The molecule has 0 bridgehead atoms. The van der Waals surface area contributed by atoms with Crippen LogP contribution >= 0.6 is 0 Å². The molecule has 1 aliphatic carbocycles. The van der Waals surface area contributed by atoms with Gasteiger partial charge in [-0.1, -0.05) is 19.3 Å². The predicted molar refractivity (Wildman–Crippen MR) is 124 cm³/mol. The van der Waals surface area contributed by atoms with Gasteiger partial charge >= 0.3 is 11.8 Å². The standard InChI is InChI=1S/C24H28N4O5/c1-32-20-13-9-19(10-14-20)26-22(29)16-33-21-11-7-17(8-12-21)15-25-28-24(31)23(30)27-18-5-3-2-4-6-18/h7-15,18H,2-6,16H2,1H3,(H,26,29)(H,27,30)(H,28,31)/b25-15-. The van der Waals surface area contributed by atoms with Crippen molar-refractivity contribution in [3.63, 3.8) is 0 Å². The summed E-state index contributed by atoms with van der Waals surface area (Å²) in [4.78, 5) is 35.8. The number of anilines is 1. The third kappa shape index (κ3) is 7.95. The van der Waals surface area contributed by atoms with E-state index in [0.29, 0.717) is 22.7 Å². The van der Waals surface area contributed by atoms with E-state index in [9.17, 15) is 14.4 Å². The van der Waals surface area contributed by atoms with Crippen LogP contribution in [-0.4, -0.2) is 43.7 Å². The molecule has 0 unspecified atom stereocenters. The number of amides is 3. The molecule has 174 valence electrons. The van der Waals surface area contributed by atoms with Crippen LogP contribution in [0, 0.1) is 0 Å². The van der Waals surface area contributed by atoms with E-state index in [0.717, 1.165) is 25.7 Å². The summed E-state index contributed by atoms with van der Waals surface area (Å²) in [7, 11) is 1.58. The molecular weight excluding hydrogens is 424 g/mol. The van der Waals surface area contributed by atoms with Gasteiger partial charge in [-0.25, -0.2) is 5.43 Å². The van der Waals surface area contributed by atoms with Crippen molar-refractivity contribution in [3.05, 3.63) is 54.1 Å². The van der Waals surface area contributed by atoms with Gasteiger partial charge in [0.15, 0.2) is 6.61 Å². The number of benzene rings is 2. The maximum absolute atomic E-state index is 12.0. The van der Waals surface area contributed by atoms with Gasteiger partial charge in [0.05, 0.1) is 13.3 Å². The fraction of sp³-hybridized carbons (Fsp3) is 0.333. The molecule has 1 saturated carbocycles. The first-order chi connectivity index (χ1) is 16.0. The van der Waals surface area contributed by atoms with E-state index in [2.05, 4.69) is 21.2 Å². The maximum Gasteiger partial charge on any atom is 0.329 e. The Morgan fingerprint density at radius 1 is 0.939 bits per heavy atom. The topological polar surface area (TPSA) is 118 Å². The summed E-state index contributed by atoms with van der Waals surface area (Å²) in [6.07, 6.45) is 6.53. The summed E-state index contributed by atoms with van der Waals surface area (Å²) in [6.45, 7) is -0.147. The zero-order chi connectivity index (χ0) is 23.5. The molecule has 1 aliphatic rings. The van der Waals surface area contributed by atoms with Crippen molar-refractivity contribution in [2.75, 3.05) is 19.0 Å². The van der Waals surface area contributed by atoms with Crippen molar-refractivity contribution in [2.45, 2.75) is 38.1 Å². The normalized spacial score (nSPS) is 13.8. The maximum atomic E-state index is 12.0. The minimum Gasteiger partial charge on any atom is -0.497 e. The van der Waals surface area contributed by atoms with Crippen molar-refractivity contribution in [3.8, 4) is 11.5 Å². The number of hydrogen-bond donors (Lipinski definition) is 3. The molecule has 0 heterocycles. The fourth-order valence-electron chi connectivity index (χ4n) is 3.38. The molecule has 0 atom stereocenters. The SMILES string of the molecule is COc1ccc(NC(=O)COc2ccc(/C=N\NC(=O)C(=O)NC3CCCCC3)cc2)cc1. The Balaban J connectivity index is 1.38. The van der Waals surface area contributed by atoms with E-state index >= 15 is 0 Å². The number of nitrogens with one attached hydrogen (secondary N) is 3. The van der Waals surface area contributed by atoms with Crippen LogP contribution in [0.4, 0.5) is 5.69 Å². The van der Waals surface area contributed by atoms with Gasteiger partial charge in [-0.3, -0.25) is 14.4 Å². The van der Waals surface area contributed by atoms with E-state index in [1.54, 1.807) is 55.6 Å². The first kappa shape index (κ1) is 23.8. The van der Waals surface area contributed by atoms with Crippen molar-refractivity contribution < 1.29 is 23.9 Å². The van der Waals surface area contributed by atoms with Gasteiger partial charge < -0.3 is 20.1 Å². The van der Waals surface area contributed by atoms with Crippen LogP contribution in [-0.2, 0) is 14.4 Å². The first-order valence-electron chi connectivity index (χ1n) is 10.8. The number of carbonyl (C=O) groups is 3. The number of rotatable bonds is 8. The van der Waals surface area contributed by atoms with Crippen LogP contribution in [0.25, 0.3) is 0 Å². The Kier molecular flexibility index (Phi) is 8.81. The molecule has 9 nitrogen and oxygen atoms in total. The van der Waals surface area contributed by atoms with Crippen molar-refractivity contribution in [1.82, 2.24) is 10.7 Å². The number of hydrogen-bond acceptors (Lipinski definition) is 6. The second kappa shape index (κ2) is 12.2. The van der Waals surface area contributed by atoms with E-state index in [4.69, 9.17) is 9.47 Å². The van der Waals surface area contributed by atoms with Crippen LogP contribution in [0.3, 0.4) is 0 Å². The average molecular weight is 453 g/mol. The minimum atomic E-state index is -0.792. The van der Waals surface area contributed by atoms with E-state index in [1.165, 1.54) is 12.6 Å². The zero-order valence-corrected chi connectivity index (χ0v) is 18.5.